The maximum Gasteiger partial charge on any atom is 0.0586 e. The normalized spacial score (nSPS) is 24.9. The lowest BCUT2D eigenvalue weighted by Crippen LogP contribution is -2.26. The molecule has 2 nitrogen and oxygen atoms in total. The van der Waals surface area contributed by atoms with Crippen molar-refractivity contribution in [3.63, 3.8) is 0 Å². The second kappa shape index (κ2) is 5.80. The molecule has 0 heterocycles. The molecule has 88 valence electrons. The summed E-state index contributed by atoms with van der Waals surface area (Å²) in [6.45, 7) is 0.953. The zero-order valence-corrected chi connectivity index (χ0v) is 11.2. The smallest absolute Gasteiger partial charge is 0.0586 e. The fourth-order valence-electron chi connectivity index (χ4n) is 2.20. The van der Waals surface area contributed by atoms with E-state index >= 15 is 0 Å². The molecule has 1 fully saturated rings. The molecule has 2 unspecified atom stereocenters. The quantitative estimate of drug-likeness (QED) is 0.917. The van der Waals surface area contributed by atoms with Crippen LogP contribution in [-0.2, 0) is 11.3 Å². The number of ether oxygens (including phenoxy) is 1. The van der Waals surface area contributed by atoms with E-state index in [-0.39, 0.29) is 0 Å². The van der Waals surface area contributed by atoms with E-state index < -0.39 is 0 Å². The highest BCUT2D eigenvalue weighted by Crippen LogP contribution is 2.21. The van der Waals surface area contributed by atoms with Crippen LogP contribution in [0.2, 0.25) is 0 Å². The van der Waals surface area contributed by atoms with Crippen LogP contribution in [0, 0.1) is 0 Å². The first-order valence-electron chi connectivity index (χ1n) is 5.78. The maximum absolute atomic E-state index is 5.36. The van der Waals surface area contributed by atoms with Crippen LogP contribution in [-0.4, -0.2) is 19.3 Å². The molecule has 2 atom stereocenters. The molecule has 1 saturated carbocycles. The molecule has 0 saturated heterocycles. The Hall–Kier alpha value is -0.380. The molecule has 0 radical (unpaired) electrons. The Morgan fingerprint density at radius 2 is 2.06 bits per heavy atom. The van der Waals surface area contributed by atoms with Crippen molar-refractivity contribution in [3.05, 3.63) is 34.3 Å². The molecule has 1 N–H and O–H groups in total. The number of hydrogen-bond donors (Lipinski definition) is 1. The van der Waals surface area contributed by atoms with Gasteiger partial charge in [-0.05, 0) is 37.0 Å². The van der Waals surface area contributed by atoms with Crippen LogP contribution in [0.15, 0.2) is 28.7 Å². The van der Waals surface area contributed by atoms with Crippen LogP contribution in [0.4, 0.5) is 0 Å². The lowest BCUT2D eigenvalue weighted by Gasteiger charge is -2.12. The van der Waals surface area contributed by atoms with Crippen molar-refractivity contribution in [2.75, 3.05) is 7.11 Å². The van der Waals surface area contributed by atoms with Gasteiger partial charge in [0.2, 0.25) is 0 Å². The van der Waals surface area contributed by atoms with Gasteiger partial charge in [-0.1, -0.05) is 28.1 Å². The van der Waals surface area contributed by atoms with E-state index in [2.05, 4.69) is 45.5 Å². The standard InChI is InChI=1S/C13H18BrNO/c1-16-13-7-6-12(8-13)15-9-10-2-4-11(14)5-3-10/h2-5,12-13,15H,6-9H2,1H3. The van der Waals surface area contributed by atoms with Gasteiger partial charge in [-0.15, -0.1) is 0 Å². The Morgan fingerprint density at radius 3 is 2.69 bits per heavy atom. The lowest BCUT2D eigenvalue weighted by atomic mass is 10.2. The highest BCUT2D eigenvalue weighted by atomic mass is 79.9. The van der Waals surface area contributed by atoms with Gasteiger partial charge in [0, 0.05) is 24.2 Å². The van der Waals surface area contributed by atoms with E-state index in [1.807, 2.05) is 7.11 Å². The Balaban J connectivity index is 1.77. The van der Waals surface area contributed by atoms with E-state index in [1.54, 1.807) is 0 Å². The molecular weight excluding hydrogens is 266 g/mol. The van der Waals surface area contributed by atoms with E-state index in [9.17, 15) is 0 Å². The molecular formula is C13H18BrNO. The number of rotatable bonds is 4. The third-order valence-electron chi connectivity index (χ3n) is 3.23. The third kappa shape index (κ3) is 3.30. The second-order valence-corrected chi connectivity index (χ2v) is 5.29. The summed E-state index contributed by atoms with van der Waals surface area (Å²) in [6.07, 6.45) is 4.03. The first kappa shape index (κ1) is 12.1. The number of nitrogens with one attached hydrogen (secondary N) is 1. The Labute approximate surface area is 106 Å². The summed E-state index contributed by atoms with van der Waals surface area (Å²) in [4.78, 5) is 0. The highest BCUT2D eigenvalue weighted by Gasteiger charge is 2.23. The summed E-state index contributed by atoms with van der Waals surface area (Å²) in [6, 6.07) is 9.10. The van der Waals surface area contributed by atoms with Gasteiger partial charge < -0.3 is 10.1 Å². The first-order valence-corrected chi connectivity index (χ1v) is 6.58. The van der Waals surface area contributed by atoms with Crippen molar-refractivity contribution in [2.24, 2.45) is 0 Å². The largest absolute Gasteiger partial charge is 0.381 e. The minimum Gasteiger partial charge on any atom is -0.381 e. The zero-order chi connectivity index (χ0) is 11.4. The molecule has 3 heteroatoms. The predicted octanol–water partition coefficient (Wildman–Crippen LogP) is 3.11. The van der Waals surface area contributed by atoms with E-state index in [0.717, 1.165) is 17.4 Å². The fourth-order valence-corrected chi connectivity index (χ4v) is 2.47. The Kier molecular flexibility index (Phi) is 4.38. The van der Waals surface area contributed by atoms with Gasteiger partial charge in [0.25, 0.3) is 0 Å². The molecule has 16 heavy (non-hydrogen) atoms. The van der Waals surface area contributed by atoms with Crippen LogP contribution in [0.5, 0.6) is 0 Å². The van der Waals surface area contributed by atoms with E-state index in [1.165, 1.54) is 18.4 Å². The summed E-state index contributed by atoms with van der Waals surface area (Å²) in [7, 11) is 1.81. The van der Waals surface area contributed by atoms with Crippen molar-refractivity contribution in [3.8, 4) is 0 Å². The van der Waals surface area contributed by atoms with Crippen LogP contribution in [0.3, 0.4) is 0 Å². The summed E-state index contributed by atoms with van der Waals surface area (Å²) in [5.74, 6) is 0. The van der Waals surface area contributed by atoms with Crippen LogP contribution in [0.1, 0.15) is 24.8 Å². The van der Waals surface area contributed by atoms with Gasteiger partial charge in [0.1, 0.15) is 0 Å². The van der Waals surface area contributed by atoms with Crippen molar-refractivity contribution in [1.82, 2.24) is 5.32 Å². The van der Waals surface area contributed by atoms with E-state index in [0.29, 0.717) is 12.1 Å². The fraction of sp³-hybridized carbons (Fsp3) is 0.538. The molecule has 2 rings (SSSR count). The molecule has 0 spiro atoms. The molecule has 0 aliphatic heterocycles. The van der Waals surface area contributed by atoms with Gasteiger partial charge >= 0.3 is 0 Å². The van der Waals surface area contributed by atoms with E-state index in [4.69, 9.17) is 4.74 Å². The van der Waals surface area contributed by atoms with Gasteiger partial charge in [-0.25, -0.2) is 0 Å². The highest BCUT2D eigenvalue weighted by molar-refractivity contribution is 9.10. The average molecular weight is 284 g/mol. The number of methoxy groups -OCH3 is 1. The summed E-state index contributed by atoms with van der Waals surface area (Å²) in [5, 5.41) is 3.59. The van der Waals surface area contributed by atoms with Crippen molar-refractivity contribution in [2.45, 2.75) is 38.0 Å². The van der Waals surface area contributed by atoms with Crippen molar-refractivity contribution in [1.29, 1.82) is 0 Å². The van der Waals surface area contributed by atoms with Crippen molar-refractivity contribution >= 4 is 15.9 Å². The Bertz CT molecular complexity index is 325. The van der Waals surface area contributed by atoms with Gasteiger partial charge in [-0.3, -0.25) is 0 Å². The molecule has 0 aromatic heterocycles. The lowest BCUT2D eigenvalue weighted by molar-refractivity contribution is 0.107. The van der Waals surface area contributed by atoms with Gasteiger partial charge in [-0.2, -0.15) is 0 Å². The molecule has 0 amide bonds. The minimum absolute atomic E-state index is 0.461. The SMILES string of the molecule is COC1CCC(NCc2ccc(Br)cc2)C1. The first-order chi connectivity index (χ1) is 7.78. The van der Waals surface area contributed by atoms with Gasteiger partial charge in [0.15, 0.2) is 0 Å². The number of benzene rings is 1. The Morgan fingerprint density at radius 1 is 1.31 bits per heavy atom. The molecule has 1 aromatic rings. The molecule has 0 bridgehead atoms. The number of halogens is 1. The van der Waals surface area contributed by atoms with Crippen LogP contribution in [0.25, 0.3) is 0 Å². The molecule has 1 aliphatic rings. The summed E-state index contributed by atoms with van der Waals surface area (Å²) >= 11 is 3.44. The van der Waals surface area contributed by atoms with Gasteiger partial charge in [0.05, 0.1) is 6.10 Å². The average Bonchev–Trinajstić information content (AvgIpc) is 2.76. The molecule has 1 aliphatic carbocycles. The van der Waals surface area contributed by atoms with Crippen LogP contribution >= 0.6 is 15.9 Å². The van der Waals surface area contributed by atoms with Crippen molar-refractivity contribution < 1.29 is 4.74 Å². The number of hydrogen-bond acceptors (Lipinski definition) is 2. The zero-order valence-electron chi connectivity index (χ0n) is 9.58. The maximum atomic E-state index is 5.36. The minimum atomic E-state index is 0.461. The predicted molar refractivity (Wildman–Crippen MR) is 69.4 cm³/mol. The summed E-state index contributed by atoms with van der Waals surface area (Å²) in [5.41, 5.74) is 1.34. The second-order valence-electron chi connectivity index (χ2n) is 4.38. The van der Waals surface area contributed by atoms with Crippen LogP contribution < -0.4 is 5.32 Å². The molecule has 1 aromatic carbocycles. The topological polar surface area (TPSA) is 21.3 Å². The third-order valence-corrected chi connectivity index (χ3v) is 3.75. The monoisotopic (exact) mass is 283 g/mol. The summed E-state index contributed by atoms with van der Waals surface area (Å²) < 4.78 is 6.50.